The molecule has 0 spiro atoms. The molecule has 3 aromatic rings. The number of amides is 2. The number of oxime groups is 1. The minimum Gasteiger partial charge on any atom is -0.448 e. The Kier molecular flexibility index (Phi) is 9.03. The molecule has 0 aliphatic carbocycles. The van der Waals surface area contributed by atoms with Crippen LogP contribution in [0.3, 0.4) is 0 Å². The lowest BCUT2D eigenvalue weighted by atomic mass is 10.0. The maximum absolute atomic E-state index is 13.8. The van der Waals surface area contributed by atoms with Crippen molar-refractivity contribution >= 4 is 51.7 Å². The molecule has 1 saturated heterocycles. The van der Waals surface area contributed by atoms with Crippen LogP contribution < -0.4 is 11.1 Å². The van der Waals surface area contributed by atoms with Crippen LogP contribution in [-0.2, 0) is 24.0 Å². The molecule has 3 heterocycles. The largest absolute Gasteiger partial charge is 0.448 e. The van der Waals surface area contributed by atoms with E-state index in [1.165, 1.54) is 16.7 Å². The zero-order chi connectivity index (χ0) is 29.6. The molecule has 5 rings (SSSR count). The van der Waals surface area contributed by atoms with Crippen molar-refractivity contribution in [1.82, 2.24) is 15.2 Å². The summed E-state index contributed by atoms with van der Waals surface area (Å²) in [6, 6.07) is 17.9. The van der Waals surface area contributed by atoms with E-state index in [4.69, 9.17) is 15.3 Å². The van der Waals surface area contributed by atoms with Gasteiger partial charge in [-0.3, -0.25) is 14.5 Å². The quantitative estimate of drug-likeness (QED) is 0.110. The van der Waals surface area contributed by atoms with E-state index in [1.807, 2.05) is 67.6 Å². The number of fused-ring (bicyclic) bond motifs is 1. The Balaban J connectivity index is 1.37. The standard InChI is InChI=1S/C30H29N5O5S2/c1-3-15-39-34-22(21-17-42-30(31)32-21)26(36)33-23-27(37)35-24(18(4-2)16-41-28(23)35)29(38)40-25(19-11-7-5-8-12-19)20-13-9-6-10-14-20/h4-14,17,23,25,28H,2-3,15-16H2,1H3,(H2,31,32)(H,33,36)/t23?,28-/m1/s1. The highest BCUT2D eigenvalue weighted by Gasteiger charge is 2.54. The van der Waals surface area contributed by atoms with Crippen molar-refractivity contribution in [2.75, 3.05) is 18.1 Å². The van der Waals surface area contributed by atoms with E-state index in [0.717, 1.165) is 22.5 Å². The number of carbonyl (C=O) groups excluding carboxylic acids is 3. The second kappa shape index (κ2) is 13.0. The molecule has 1 fully saturated rings. The lowest BCUT2D eigenvalue weighted by Crippen LogP contribution is -2.71. The zero-order valence-electron chi connectivity index (χ0n) is 22.8. The molecular formula is C30H29N5O5S2. The Morgan fingerprint density at radius 1 is 1.19 bits per heavy atom. The van der Waals surface area contributed by atoms with Gasteiger partial charge in [0.25, 0.3) is 11.8 Å². The summed E-state index contributed by atoms with van der Waals surface area (Å²) in [7, 11) is 0. The van der Waals surface area contributed by atoms with Crippen molar-refractivity contribution in [2.24, 2.45) is 5.16 Å². The van der Waals surface area contributed by atoms with Crippen molar-refractivity contribution in [3.8, 4) is 0 Å². The summed E-state index contributed by atoms with van der Waals surface area (Å²) < 4.78 is 6.08. The number of nitrogen functional groups attached to an aromatic ring is 1. The Morgan fingerprint density at radius 3 is 2.43 bits per heavy atom. The van der Waals surface area contributed by atoms with Gasteiger partial charge in [0.1, 0.15) is 29.4 Å². The number of thiazole rings is 1. The van der Waals surface area contributed by atoms with Gasteiger partial charge in [0, 0.05) is 11.1 Å². The first-order valence-corrected chi connectivity index (χ1v) is 15.2. The summed E-state index contributed by atoms with van der Waals surface area (Å²) in [4.78, 5) is 51.3. The van der Waals surface area contributed by atoms with Crippen LogP contribution in [0.4, 0.5) is 5.13 Å². The second-order valence-corrected chi connectivity index (χ2v) is 11.4. The minimum atomic E-state index is -0.900. The lowest BCUT2D eigenvalue weighted by Gasteiger charge is -2.49. The van der Waals surface area contributed by atoms with Crippen LogP contribution >= 0.6 is 23.1 Å². The first-order chi connectivity index (χ1) is 20.4. The third kappa shape index (κ3) is 5.95. The van der Waals surface area contributed by atoms with Crippen LogP contribution in [0.1, 0.15) is 36.3 Å². The number of thioether (sulfide) groups is 1. The number of nitrogens with zero attached hydrogens (tertiary/aromatic N) is 3. The molecule has 3 N–H and O–H groups in total. The monoisotopic (exact) mass is 603 g/mol. The van der Waals surface area contributed by atoms with Crippen LogP contribution in [0, 0.1) is 0 Å². The van der Waals surface area contributed by atoms with E-state index in [2.05, 4.69) is 22.0 Å². The molecule has 0 saturated carbocycles. The molecule has 1 unspecified atom stereocenters. The molecule has 2 aliphatic rings. The maximum atomic E-state index is 13.8. The minimum absolute atomic E-state index is 0.0843. The first-order valence-electron chi connectivity index (χ1n) is 13.3. The number of hydrogen-bond acceptors (Lipinski definition) is 10. The first kappa shape index (κ1) is 29.1. The molecule has 0 radical (unpaired) electrons. The number of carbonyl (C=O) groups is 3. The van der Waals surface area contributed by atoms with Crippen molar-refractivity contribution in [2.45, 2.75) is 30.9 Å². The van der Waals surface area contributed by atoms with Gasteiger partial charge in [0.2, 0.25) is 0 Å². The smallest absolute Gasteiger partial charge is 0.356 e. The molecule has 1 aromatic heterocycles. The van der Waals surface area contributed by atoms with Crippen molar-refractivity contribution in [1.29, 1.82) is 0 Å². The maximum Gasteiger partial charge on any atom is 0.356 e. The average molecular weight is 604 g/mol. The molecule has 216 valence electrons. The summed E-state index contributed by atoms with van der Waals surface area (Å²) in [5.74, 6) is -1.33. The summed E-state index contributed by atoms with van der Waals surface area (Å²) in [5, 5.41) is 8.04. The highest BCUT2D eigenvalue weighted by Crippen LogP contribution is 2.42. The second-order valence-electron chi connectivity index (χ2n) is 9.39. The molecule has 10 nitrogen and oxygen atoms in total. The Morgan fingerprint density at radius 2 is 1.86 bits per heavy atom. The van der Waals surface area contributed by atoms with E-state index in [0.29, 0.717) is 24.4 Å². The molecule has 42 heavy (non-hydrogen) atoms. The molecule has 12 heteroatoms. The third-order valence-electron chi connectivity index (χ3n) is 6.58. The number of anilines is 1. The number of allylic oxidation sites excluding steroid dienone is 1. The summed E-state index contributed by atoms with van der Waals surface area (Å²) in [6.07, 6.45) is 1.56. The molecule has 2 aliphatic heterocycles. The van der Waals surface area contributed by atoms with Gasteiger partial charge >= 0.3 is 5.97 Å². The number of benzene rings is 2. The number of nitrogens with two attached hydrogens (primary N) is 1. The van der Waals surface area contributed by atoms with E-state index < -0.39 is 35.3 Å². The zero-order valence-corrected chi connectivity index (χ0v) is 24.4. The highest BCUT2D eigenvalue weighted by molar-refractivity contribution is 8.00. The van der Waals surface area contributed by atoms with Gasteiger partial charge in [-0.15, -0.1) is 23.1 Å². The average Bonchev–Trinajstić information content (AvgIpc) is 3.46. The predicted molar refractivity (Wildman–Crippen MR) is 162 cm³/mol. The van der Waals surface area contributed by atoms with Gasteiger partial charge < -0.3 is 20.6 Å². The molecular weight excluding hydrogens is 574 g/mol. The van der Waals surface area contributed by atoms with Crippen LogP contribution in [0.2, 0.25) is 0 Å². The van der Waals surface area contributed by atoms with E-state index >= 15 is 0 Å². The van der Waals surface area contributed by atoms with Crippen molar-refractivity contribution < 1.29 is 24.0 Å². The number of aromatic nitrogens is 1. The molecule has 2 aromatic carbocycles. The summed E-state index contributed by atoms with van der Waals surface area (Å²) in [6.45, 7) is 6.06. The Bertz CT molecular complexity index is 1500. The Hall–Kier alpha value is -4.42. The van der Waals surface area contributed by atoms with Gasteiger partial charge in [-0.25, -0.2) is 9.78 Å². The van der Waals surface area contributed by atoms with Crippen LogP contribution in [0.25, 0.3) is 0 Å². The van der Waals surface area contributed by atoms with Crippen molar-refractivity contribution in [3.05, 3.63) is 107 Å². The van der Waals surface area contributed by atoms with Gasteiger partial charge in [-0.1, -0.05) is 85.4 Å². The van der Waals surface area contributed by atoms with E-state index in [-0.39, 0.29) is 22.2 Å². The van der Waals surface area contributed by atoms with Gasteiger partial charge in [0.05, 0.1) is 0 Å². The normalized spacial score (nSPS) is 18.3. The fourth-order valence-corrected chi connectivity index (χ4v) is 6.44. The topological polar surface area (TPSA) is 136 Å². The van der Waals surface area contributed by atoms with Crippen LogP contribution in [0.5, 0.6) is 0 Å². The number of hydrogen-bond donors (Lipinski definition) is 2. The van der Waals surface area contributed by atoms with Gasteiger partial charge in [-0.05, 0) is 23.1 Å². The summed E-state index contributed by atoms with van der Waals surface area (Å²) in [5.41, 5.74) is 8.20. The molecule has 2 atom stereocenters. The number of rotatable bonds is 11. The summed E-state index contributed by atoms with van der Waals surface area (Å²) >= 11 is 2.57. The van der Waals surface area contributed by atoms with Crippen LogP contribution in [0.15, 0.2) is 95.1 Å². The van der Waals surface area contributed by atoms with Crippen LogP contribution in [-0.4, -0.2) is 57.2 Å². The predicted octanol–water partition coefficient (Wildman–Crippen LogP) is 4.03. The fourth-order valence-electron chi connectivity index (χ4n) is 4.55. The van der Waals surface area contributed by atoms with E-state index in [9.17, 15) is 14.4 Å². The number of β-lactam (4-membered cyclic amide) rings is 1. The van der Waals surface area contributed by atoms with Crippen molar-refractivity contribution in [3.63, 3.8) is 0 Å². The SMILES string of the molecule is C=CC1=C(C(=O)OC(c2ccccc2)c2ccccc2)N2C(=O)C(NC(=O)C(=NOCCC)c3csc(N)n3)[C@H]2SC1. The highest BCUT2D eigenvalue weighted by atomic mass is 32.2. The molecule has 0 bridgehead atoms. The number of esters is 1. The van der Waals surface area contributed by atoms with Gasteiger partial charge in [0.15, 0.2) is 16.9 Å². The van der Waals surface area contributed by atoms with Gasteiger partial charge in [-0.2, -0.15) is 0 Å². The molecule has 2 amide bonds. The third-order valence-corrected chi connectivity index (χ3v) is 8.56. The fraction of sp³-hybridized carbons (Fsp3) is 0.233. The Labute approximate surface area is 251 Å². The number of nitrogens with one attached hydrogen (secondary N) is 1. The number of ether oxygens (including phenoxy) is 1. The lowest BCUT2D eigenvalue weighted by molar-refractivity contribution is -0.154. The van der Waals surface area contributed by atoms with E-state index in [1.54, 1.807) is 11.5 Å².